The molecule has 300 valence electrons. The Morgan fingerprint density at radius 3 is 0.783 bits per heavy atom. The molecule has 8 aromatic rings. The molecule has 8 bridgehead atoms. The molecular formula is C44H32N4O9S3. The van der Waals surface area contributed by atoms with Gasteiger partial charge in [0, 0.05) is 66.5 Å². The molecule has 0 saturated heterocycles. The molecule has 0 spiro atoms. The van der Waals surface area contributed by atoms with Gasteiger partial charge in [-0.2, -0.15) is 25.3 Å². The Morgan fingerprint density at radius 1 is 0.283 bits per heavy atom. The van der Waals surface area contributed by atoms with E-state index in [1.807, 2.05) is 78.9 Å². The first-order valence-electron chi connectivity index (χ1n) is 18.2. The number of hydrogen-bond donors (Lipinski definition) is 7. The molecule has 0 radical (unpaired) electrons. The predicted octanol–water partition coefficient (Wildman–Crippen LogP) is 4.04. The summed E-state index contributed by atoms with van der Waals surface area (Å²) in [5.41, 5.74) is 8.10. The zero-order valence-corrected chi connectivity index (χ0v) is 33.4. The van der Waals surface area contributed by atoms with Gasteiger partial charge in [-0.05, 0) is 107 Å². The summed E-state index contributed by atoms with van der Waals surface area (Å²) in [7, 11) is -13.4. The van der Waals surface area contributed by atoms with Crippen molar-refractivity contribution in [3.8, 4) is 0 Å². The van der Waals surface area contributed by atoms with Crippen LogP contribution in [-0.4, -0.2) is 58.8 Å². The summed E-state index contributed by atoms with van der Waals surface area (Å²) in [5, 5.41) is 2.63. The normalized spacial score (nSPS) is 13.5. The van der Waals surface area contributed by atoms with Gasteiger partial charge >= 0.3 is 0 Å². The van der Waals surface area contributed by atoms with E-state index in [0.717, 1.165) is 22.2 Å². The summed E-state index contributed by atoms with van der Waals surface area (Å²) in [6, 6.07) is 42.4. The summed E-state index contributed by atoms with van der Waals surface area (Å²) in [4.78, 5) is 13.5. The molecule has 4 aromatic carbocycles. The van der Waals surface area contributed by atoms with Crippen LogP contribution in [0.5, 0.6) is 0 Å². The Kier molecular flexibility index (Phi) is 9.35. The largest absolute Gasteiger partial charge is 0.354 e. The molecule has 7 N–H and O–H groups in total. The molecule has 9 rings (SSSR count). The second-order valence-electron chi connectivity index (χ2n) is 14.0. The molecule has 0 amide bonds. The summed E-state index contributed by atoms with van der Waals surface area (Å²) in [6.45, 7) is 0. The quantitative estimate of drug-likeness (QED) is 0.115. The lowest BCUT2D eigenvalue weighted by Gasteiger charge is -2.10. The van der Waals surface area contributed by atoms with Gasteiger partial charge in [-0.1, -0.05) is 66.7 Å². The van der Waals surface area contributed by atoms with Gasteiger partial charge in [-0.3, -0.25) is 13.7 Å². The lowest BCUT2D eigenvalue weighted by molar-refractivity contribution is 0.481. The average molecular weight is 857 g/mol. The van der Waals surface area contributed by atoms with Crippen molar-refractivity contribution in [2.75, 3.05) is 0 Å². The first-order chi connectivity index (χ1) is 28.6. The highest BCUT2D eigenvalue weighted by Gasteiger charge is 2.20. The summed E-state index contributed by atoms with van der Waals surface area (Å²) in [5.74, 6) is 0. The second-order valence-corrected chi connectivity index (χ2v) is 18.3. The van der Waals surface area contributed by atoms with Gasteiger partial charge in [-0.25, -0.2) is 0 Å². The minimum atomic E-state index is -4.49. The van der Waals surface area contributed by atoms with E-state index in [0.29, 0.717) is 66.5 Å². The number of H-pyrrole nitrogens is 4. The van der Waals surface area contributed by atoms with Crippen molar-refractivity contribution >= 4 is 52.6 Å². The number of fused-ring (bicyclic) bond motifs is 8. The third-order valence-electron chi connectivity index (χ3n) is 10.3. The van der Waals surface area contributed by atoms with Crippen LogP contribution in [0, 0.1) is 0 Å². The fourth-order valence-corrected chi connectivity index (χ4v) is 9.00. The molecule has 0 unspecified atom stereocenters. The topological polar surface area (TPSA) is 226 Å². The average Bonchev–Trinajstić information content (AvgIpc) is 4.06. The van der Waals surface area contributed by atoms with Crippen molar-refractivity contribution in [1.82, 2.24) is 19.9 Å². The van der Waals surface area contributed by atoms with Gasteiger partial charge in [0.25, 0.3) is 30.4 Å². The van der Waals surface area contributed by atoms with Crippen LogP contribution in [0.15, 0.2) is 166 Å². The van der Waals surface area contributed by atoms with Crippen LogP contribution in [0.25, 0.3) is 22.3 Å². The number of nitrogens with one attached hydrogen (secondary N) is 4. The van der Waals surface area contributed by atoms with Crippen molar-refractivity contribution in [1.29, 1.82) is 0 Å². The molecule has 60 heavy (non-hydrogen) atoms. The van der Waals surface area contributed by atoms with E-state index in [2.05, 4.69) is 19.9 Å². The van der Waals surface area contributed by atoms with Gasteiger partial charge in [-0.15, -0.1) is 0 Å². The Labute approximate surface area is 342 Å². The van der Waals surface area contributed by atoms with Crippen molar-refractivity contribution in [2.24, 2.45) is 0 Å². The SMILES string of the molecule is O=S(=O)(O)c1ccc(C2=c3ccc([nH]3)=C(c3ccccc3)c3ccc([nH]3)C(c3ccc(S(=O)(=O)O)cc3)=c3ccc([nH]3)=C(c3ccc(S(=O)(=O)O)cc3)c3ccc2[nH]3)cc1. The molecule has 1 aliphatic heterocycles. The van der Waals surface area contributed by atoms with E-state index in [-0.39, 0.29) is 14.7 Å². The van der Waals surface area contributed by atoms with E-state index in [4.69, 9.17) is 0 Å². The smallest absolute Gasteiger partial charge is 0.294 e. The van der Waals surface area contributed by atoms with Crippen LogP contribution in [0.2, 0.25) is 0 Å². The molecule has 1 aliphatic rings. The predicted molar refractivity (Wildman–Crippen MR) is 223 cm³/mol. The summed E-state index contributed by atoms with van der Waals surface area (Å²) in [6.07, 6.45) is 0. The zero-order chi connectivity index (χ0) is 42.0. The Hall–Kier alpha value is -6.79. The van der Waals surface area contributed by atoms with Crippen LogP contribution in [0.1, 0.15) is 45.0 Å². The van der Waals surface area contributed by atoms with Gasteiger partial charge in [0.05, 0.1) is 14.7 Å². The first kappa shape index (κ1) is 38.7. The van der Waals surface area contributed by atoms with Crippen molar-refractivity contribution in [3.63, 3.8) is 0 Å². The van der Waals surface area contributed by atoms with E-state index < -0.39 is 30.4 Å². The highest BCUT2D eigenvalue weighted by atomic mass is 32.2. The minimum Gasteiger partial charge on any atom is -0.354 e. The molecule has 16 heteroatoms. The third-order valence-corrected chi connectivity index (χ3v) is 12.9. The van der Waals surface area contributed by atoms with Crippen molar-refractivity contribution in [3.05, 3.63) is 218 Å². The van der Waals surface area contributed by atoms with Crippen LogP contribution >= 0.6 is 0 Å². The molecule has 4 aromatic heterocycles. The fraction of sp³-hybridized carbons (Fsp3) is 0. The van der Waals surface area contributed by atoms with Crippen LogP contribution in [0.3, 0.4) is 0 Å². The Morgan fingerprint density at radius 2 is 0.533 bits per heavy atom. The minimum absolute atomic E-state index is 0.265. The maximum absolute atomic E-state index is 12.0. The Balaban J connectivity index is 1.40. The number of aromatic nitrogens is 4. The number of aromatic amines is 4. The standard InChI is InChI=1S/C44H32N4O9S3/c49-58(50,51)30-12-6-27(7-13-30)42-35-20-18-33(45-35)41(26-4-2-1-3-5-26)34-19-21-36(46-34)43(28-8-14-31(15-9-28)59(52,53)54)38-23-25-40(48-38)44(39-24-22-37(42)47-39)29-10-16-32(17-11-29)60(55,56)57/h1-25,45-48H,(H,49,50,51)(H,52,53,54)(H,55,56,57). The van der Waals surface area contributed by atoms with Crippen LogP contribution < -0.4 is 21.4 Å². The second kappa shape index (κ2) is 14.5. The number of benzene rings is 4. The molecule has 0 aliphatic carbocycles. The van der Waals surface area contributed by atoms with Crippen LogP contribution in [-0.2, 0) is 30.4 Å². The van der Waals surface area contributed by atoms with Gasteiger partial charge in [0.1, 0.15) is 0 Å². The van der Waals surface area contributed by atoms with E-state index in [9.17, 15) is 38.9 Å². The molecule has 13 nitrogen and oxygen atoms in total. The molecule has 0 atom stereocenters. The zero-order valence-electron chi connectivity index (χ0n) is 30.9. The lowest BCUT2D eigenvalue weighted by atomic mass is 10.0. The van der Waals surface area contributed by atoms with Crippen molar-refractivity contribution in [2.45, 2.75) is 14.7 Å². The van der Waals surface area contributed by atoms with E-state index in [1.54, 1.807) is 36.4 Å². The molecule has 5 heterocycles. The molecular weight excluding hydrogens is 825 g/mol. The monoisotopic (exact) mass is 856 g/mol. The Bertz CT molecular complexity index is 3590. The summed E-state index contributed by atoms with van der Waals surface area (Å²) < 4.78 is 101. The van der Waals surface area contributed by atoms with Crippen LogP contribution in [0.4, 0.5) is 0 Å². The molecule has 0 saturated carbocycles. The highest BCUT2D eigenvalue weighted by molar-refractivity contribution is 7.86. The first-order valence-corrected chi connectivity index (χ1v) is 22.5. The van der Waals surface area contributed by atoms with E-state index >= 15 is 0 Å². The van der Waals surface area contributed by atoms with E-state index in [1.165, 1.54) is 36.4 Å². The third kappa shape index (κ3) is 7.28. The van der Waals surface area contributed by atoms with Gasteiger partial charge in [0.2, 0.25) is 0 Å². The maximum Gasteiger partial charge on any atom is 0.294 e. The maximum atomic E-state index is 12.0. The van der Waals surface area contributed by atoms with Gasteiger partial charge < -0.3 is 19.9 Å². The summed E-state index contributed by atoms with van der Waals surface area (Å²) >= 11 is 0. The highest BCUT2D eigenvalue weighted by Crippen LogP contribution is 2.29. The molecule has 0 fully saturated rings. The number of hydrogen-bond acceptors (Lipinski definition) is 6. The lowest BCUT2D eigenvalue weighted by Crippen LogP contribution is -2.19. The van der Waals surface area contributed by atoms with Crippen molar-refractivity contribution < 1.29 is 38.9 Å². The van der Waals surface area contributed by atoms with Gasteiger partial charge in [0.15, 0.2) is 0 Å². The number of rotatable bonds is 7. The fourth-order valence-electron chi connectivity index (χ4n) is 7.56.